The summed E-state index contributed by atoms with van der Waals surface area (Å²) in [5.74, 6) is 0.791. The first-order valence-corrected chi connectivity index (χ1v) is 7.32. The van der Waals surface area contributed by atoms with E-state index in [0.29, 0.717) is 6.04 Å². The number of benzene rings is 1. The van der Waals surface area contributed by atoms with E-state index < -0.39 is 0 Å². The van der Waals surface area contributed by atoms with Crippen molar-refractivity contribution < 1.29 is 9.53 Å². The first-order valence-electron chi connectivity index (χ1n) is 6.52. The lowest BCUT2D eigenvalue weighted by Crippen LogP contribution is -2.45. The number of amides is 1. The van der Waals surface area contributed by atoms with E-state index in [1.165, 1.54) is 0 Å². The van der Waals surface area contributed by atoms with Crippen molar-refractivity contribution in [1.29, 1.82) is 0 Å². The van der Waals surface area contributed by atoms with Gasteiger partial charge in [0.15, 0.2) is 6.61 Å². The lowest BCUT2D eigenvalue weighted by molar-refractivity contribution is -0.134. The van der Waals surface area contributed by atoms with Crippen molar-refractivity contribution in [3.05, 3.63) is 28.7 Å². The fraction of sp³-hybridized carbons (Fsp3) is 0.500. The Morgan fingerprint density at radius 1 is 1.35 bits per heavy atom. The Morgan fingerprint density at radius 2 is 1.95 bits per heavy atom. The summed E-state index contributed by atoms with van der Waals surface area (Å²) in [4.78, 5) is 13.9. The molecule has 1 aliphatic heterocycles. The van der Waals surface area contributed by atoms with Crippen LogP contribution in [0.5, 0.6) is 5.75 Å². The molecule has 1 fully saturated rings. The molecule has 6 heteroatoms. The van der Waals surface area contributed by atoms with Gasteiger partial charge in [-0.05, 0) is 44.2 Å². The average molecular weight is 364 g/mol. The Kier molecular flexibility index (Phi) is 7.34. The molecule has 2 rings (SSSR count). The van der Waals surface area contributed by atoms with Gasteiger partial charge in [0.05, 0.1) is 0 Å². The van der Waals surface area contributed by atoms with Crippen LogP contribution in [0.25, 0.3) is 0 Å². The number of halogens is 2. The van der Waals surface area contributed by atoms with Crippen LogP contribution in [-0.4, -0.2) is 43.6 Å². The summed E-state index contributed by atoms with van der Waals surface area (Å²) in [6.45, 7) is 1.74. The van der Waals surface area contributed by atoms with Crippen molar-refractivity contribution in [2.45, 2.75) is 18.9 Å². The summed E-state index contributed by atoms with van der Waals surface area (Å²) in [7, 11) is 1.97. The number of nitrogens with one attached hydrogen (secondary N) is 1. The third kappa shape index (κ3) is 4.96. The molecule has 112 valence electrons. The number of hydrogen-bond acceptors (Lipinski definition) is 3. The smallest absolute Gasteiger partial charge is 0.260 e. The van der Waals surface area contributed by atoms with Gasteiger partial charge in [-0.3, -0.25) is 4.79 Å². The van der Waals surface area contributed by atoms with Crippen LogP contribution in [-0.2, 0) is 4.79 Å². The van der Waals surface area contributed by atoms with Crippen LogP contribution in [0, 0.1) is 0 Å². The van der Waals surface area contributed by atoms with Gasteiger partial charge >= 0.3 is 0 Å². The van der Waals surface area contributed by atoms with Gasteiger partial charge in [-0.2, -0.15) is 0 Å². The molecule has 1 N–H and O–H groups in total. The van der Waals surface area contributed by atoms with Gasteiger partial charge in [-0.1, -0.05) is 15.9 Å². The molecule has 0 aliphatic carbocycles. The summed E-state index contributed by atoms with van der Waals surface area (Å²) in [6.07, 6.45) is 2.03. The summed E-state index contributed by atoms with van der Waals surface area (Å²) in [6, 6.07) is 8.04. The SMILES string of the molecule is CNC1CCN(C(=O)COc2ccc(Br)cc2)CC1.Cl. The molecule has 1 aromatic rings. The number of carbonyl (C=O) groups is 1. The van der Waals surface area contributed by atoms with Crippen LogP contribution in [0.1, 0.15) is 12.8 Å². The third-order valence-electron chi connectivity index (χ3n) is 3.43. The Morgan fingerprint density at radius 3 is 2.50 bits per heavy atom. The normalized spacial score (nSPS) is 15.6. The van der Waals surface area contributed by atoms with E-state index in [1.807, 2.05) is 36.2 Å². The van der Waals surface area contributed by atoms with Crippen LogP contribution in [0.3, 0.4) is 0 Å². The molecule has 0 saturated carbocycles. The topological polar surface area (TPSA) is 41.6 Å². The van der Waals surface area contributed by atoms with Gasteiger partial charge in [-0.15, -0.1) is 12.4 Å². The van der Waals surface area contributed by atoms with Crippen LogP contribution in [0.4, 0.5) is 0 Å². The molecule has 1 aromatic carbocycles. The molecule has 0 bridgehead atoms. The highest BCUT2D eigenvalue weighted by molar-refractivity contribution is 9.10. The summed E-state index contributed by atoms with van der Waals surface area (Å²) in [5.41, 5.74) is 0. The first kappa shape index (κ1) is 17.3. The molecule has 20 heavy (non-hydrogen) atoms. The fourth-order valence-electron chi connectivity index (χ4n) is 2.18. The monoisotopic (exact) mass is 362 g/mol. The van der Waals surface area contributed by atoms with Crippen molar-refractivity contribution in [1.82, 2.24) is 10.2 Å². The quantitative estimate of drug-likeness (QED) is 0.893. The maximum atomic E-state index is 12.0. The van der Waals surface area contributed by atoms with Gasteiger partial charge in [-0.25, -0.2) is 0 Å². The van der Waals surface area contributed by atoms with Crippen molar-refractivity contribution >= 4 is 34.2 Å². The number of nitrogens with zero attached hydrogens (tertiary/aromatic N) is 1. The van der Waals surface area contributed by atoms with Crippen LogP contribution in [0.2, 0.25) is 0 Å². The van der Waals surface area contributed by atoms with Gasteiger partial charge in [0.2, 0.25) is 0 Å². The first-order chi connectivity index (χ1) is 9.19. The Balaban J connectivity index is 0.00000200. The second kappa shape index (κ2) is 8.49. The highest BCUT2D eigenvalue weighted by atomic mass is 79.9. The van der Waals surface area contributed by atoms with Crippen LogP contribution >= 0.6 is 28.3 Å². The largest absolute Gasteiger partial charge is 0.484 e. The molecular formula is C14H20BrClN2O2. The maximum absolute atomic E-state index is 12.0. The molecule has 1 heterocycles. The van der Waals surface area contributed by atoms with Crippen LogP contribution in [0.15, 0.2) is 28.7 Å². The molecule has 0 radical (unpaired) electrons. The predicted molar refractivity (Wildman–Crippen MR) is 85.5 cm³/mol. The van der Waals surface area contributed by atoms with Gasteiger partial charge < -0.3 is 15.0 Å². The zero-order chi connectivity index (χ0) is 13.7. The van der Waals surface area contributed by atoms with Crippen molar-refractivity contribution in [2.24, 2.45) is 0 Å². The Labute approximate surface area is 134 Å². The van der Waals surface area contributed by atoms with E-state index in [1.54, 1.807) is 0 Å². The Hall–Kier alpha value is -0.780. The minimum absolute atomic E-state index is 0. The zero-order valence-electron chi connectivity index (χ0n) is 11.5. The van der Waals surface area contributed by atoms with Crippen molar-refractivity contribution in [3.63, 3.8) is 0 Å². The minimum Gasteiger partial charge on any atom is -0.484 e. The molecule has 1 amide bonds. The highest BCUT2D eigenvalue weighted by Gasteiger charge is 2.21. The van der Waals surface area contributed by atoms with E-state index in [2.05, 4.69) is 21.2 Å². The number of likely N-dealkylation sites (tertiary alicyclic amines) is 1. The molecule has 0 unspecified atom stereocenters. The molecule has 0 atom stereocenters. The summed E-state index contributed by atoms with van der Waals surface area (Å²) >= 11 is 3.36. The molecule has 1 aliphatic rings. The number of carbonyl (C=O) groups excluding carboxylic acids is 1. The molecular weight excluding hydrogens is 344 g/mol. The summed E-state index contributed by atoms with van der Waals surface area (Å²) in [5, 5.41) is 3.25. The lowest BCUT2D eigenvalue weighted by Gasteiger charge is -2.31. The second-order valence-corrected chi connectivity index (χ2v) is 5.60. The highest BCUT2D eigenvalue weighted by Crippen LogP contribution is 2.16. The van der Waals surface area contributed by atoms with Crippen molar-refractivity contribution in [3.8, 4) is 5.75 Å². The summed E-state index contributed by atoms with van der Waals surface area (Å²) < 4.78 is 6.50. The van der Waals surface area contributed by atoms with Crippen LogP contribution < -0.4 is 10.1 Å². The number of ether oxygens (including phenoxy) is 1. The molecule has 0 spiro atoms. The minimum atomic E-state index is 0. The lowest BCUT2D eigenvalue weighted by atomic mass is 10.1. The average Bonchev–Trinajstić information content (AvgIpc) is 2.46. The van der Waals surface area contributed by atoms with E-state index in [0.717, 1.165) is 36.2 Å². The van der Waals surface area contributed by atoms with E-state index in [-0.39, 0.29) is 24.9 Å². The van der Waals surface area contributed by atoms with Gasteiger partial charge in [0, 0.05) is 23.6 Å². The van der Waals surface area contributed by atoms with E-state index >= 15 is 0 Å². The zero-order valence-corrected chi connectivity index (χ0v) is 13.9. The number of rotatable bonds is 4. The second-order valence-electron chi connectivity index (χ2n) is 4.69. The molecule has 0 aromatic heterocycles. The number of hydrogen-bond donors (Lipinski definition) is 1. The predicted octanol–water partition coefficient (Wildman–Crippen LogP) is 2.46. The van der Waals surface area contributed by atoms with Gasteiger partial charge in [0.1, 0.15) is 5.75 Å². The maximum Gasteiger partial charge on any atom is 0.260 e. The van der Waals surface area contributed by atoms with E-state index in [4.69, 9.17) is 4.74 Å². The Bertz CT molecular complexity index is 420. The molecule has 1 saturated heterocycles. The van der Waals surface area contributed by atoms with Gasteiger partial charge in [0.25, 0.3) is 5.91 Å². The standard InChI is InChI=1S/C14H19BrN2O2.ClH/c1-16-12-6-8-17(9-7-12)14(18)10-19-13-4-2-11(15)3-5-13;/h2-5,12,16H,6-10H2,1H3;1H. The third-order valence-corrected chi connectivity index (χ3v) is 3.96. The van der Waals surface area contributed by atoms with Crippen molar-refractivity contribution in [2.75, 3.05) is 26.7 Å². The number of piperidine rings is 1. The molecule has 4 nitrogen and oxygen atoms in total. The fourth-order valence-corrected chi connectivity index (χ4v) is 2.45. The van der Waals surface area contributed by atoms with E-state index in [9.17, 15) is 4.79 Å².